The second-order valence-corrected chi connectivity index (χ2v) is 6.75. The summed E-state index contributed by atoms with van der Waals surface area (Å²) in [7, 11) is 0. The number of nitrogens with zero attached hydrogens (tertiary/aromatic N) is 1. The maximum atomic E-state index is 11.3. The molecule has 0 aromatic heterocycles. The SMILES string of the molecule is CC(=O)c1cccc(OCCOCCN2C[C@H](C)C[C@H](C)C2)c1. The number of carbonyl (C=O) groups is 1. The first-order valence-electron chi connectivity index (χ1n) is 8.58. The Morgan fingerprint density at radius 2 is 1.91 bits per heavy atom. The Bertz CT molecular complexity index is 493. The average molecular weight is 319 g/mol. The normalized spacial score (nSPS) is 22.0. The van der Waals surface area contributed by atoms with Crippen molar-refractivity contribution in [1.82, 2.24) is 4.90 Å². The molecule has 1 fully saturated rings. The lowest BCUT2D eigenvalue weighted by atomic mass is 9.92. The Morgan fingerprint density at radius 3 is 2.61 bits per heavy atom. The third-order valence-electron chi connectivity index (χ3n) is 4.23. The van der Waals surface area contributed by atoms with Crippen LogP contribution in [0.2, 0.25) is 0 Å². The number of Topliss-reactive ketones (excluding diaryl/α,β-unsaturated/α-hetero) is 1. The van der Waals surface area contributed by atoms with E-state index in [1.165, 1.54) is 19.5 Å². The minimum Gasteiger partial charge on any atom is -0.491 e. The highest BCUT2D eigenvalue weighted by Gasteiger charge is 2.21. The summed E-state index contributed by atoms with van der Waals surface area (Å²) in [5.74, 6) is 2.35. The molecule has 0 radical (unpaired) electrons. The molecule has 128 valence electrons. The van der Waals surface area contributed by atoms with Gasteiger partial charge in [0.25, 0.3) is 0 Å². The van der Waals surface area contributed by atoms with Gasteiger partial charge in [-0.15, -0.1) is 0 Å². The number of hydrogen-bond donors (Lipinski definition) is 0. The van der Waals surface area contributed by atoms with Crippen molar-refractivity contribution in [3.8, 4) is 5.75 Å². The van der Waals surface area contributed by atoms with E-state index in [1.807, 2.05) is 12.1 Å². The van der Waals surface area contributed by atoms with Crippen LogP contribution >= 0.6 is 0 Å². The van der Waals surface area contributed by atoms with Crippen molar-refractivity contribution in [3.63, 3.8) is 0 Å². The molecule has 2 rings (SSSR count). The van der Waals surface area contributed by atoms with Crippen LogP contribution in [0.15, 0.2) is 24.3 Å². The van der Waals surface area contributed by atoms with Crippen LogP contribution < -0.4 is 4.74 Å². The van der Waals surface area contributed by atoms with E-state index in [-0.39, 0.29) is 5.78 Å². The van der Waals surface area contributed by atoms with Gasteiger partial charge in [0.1, 0.15) is 12.4 Å². The van der Waals surface area contributed by atoms with Crippen molar-refractivity contribution in [2.24, 2.45) is 11.8 Å². The first kappa shape index (κ1) is 18.0. The van der Waals surface area contributed by atoms with Gasteiger partial charge in [0.05, 0.1) is 13.2 Å². The molecular weight excluding hydrogens is 290 g/mol. The maximum Gasteiger partial charge on any atom is 0.159 e. The van der Waals surface area contributed by atoms with Gasteiger partial charge in [-0.1, -0.05) is 26.0 Å². The first-order chi connectivity index (χ1) is 11.0. The second-order valence-electron chi connectivity index (χ2n) is 6.75. The first-order valence-corrected chi connectivity index (χ1v) is 8.58. The highest BCUT2D eigenvalue weighted by Crippen LogP contribution is 2.20. The fourth-order valence-electron chi connectivity index (χ4n) is 3.29. The van der Waals surface area contributed by atoms with E-state index < -0.39 is 0 Å². The molecule has 4 heteroatoms. The Balaban J connectivity index is 1.59. The molecule has 1 heterocycles. The van der Waals surface area contributed by atoms with E-state index in [0.29, 0.717) is 18.8 Å². The van der Waals surface area contributed by atoms with Gasteiger partial charge in [-0.2, -0.15) is 0 Å². The number of piperidine rings is 1. The van der Waals surface area contributed by atoms with Crippen molar-refractivity contribution < 1.29 is 14.3 Å². The van der Waals surface area contributed by atoms with E-state index in [4.69, 9.17) is 9.47 Å². The van der Waals surface area contributed by atoms with Crippen LogP contribution in [0.5, 0.6) is 5.75 Å². The van der Waals surface area contributed by atoms with Crippen molar-refractivity contribution in [3.05, 3.63) is 29.8 Å². The molecule has 0 unspecified atom stereocenters. The van der Waals surface area contributed by atoms with Crippen LogP contribution in [0.3, 0.4) is 0 Å². The molecule has 1 aliphatic rings. The molecule has 1 aliphatic heterocycles. The highest BCUT2D eigenvalue weighted by molar-refractivity contribution is 5.94. The van der Waals surface area contributed by atoms with Crippen LogP contribution in [-0.4, -0.2) is 50.1 Å². The Morgan fingerprint density at radius 1 is 1.17 bits per heavy atom. The lowest BCUT2D eigenvalue weighted by Gasteiger charge is -2.34. The molecular formula is C19H29NO3. The number of ketones is 1. The fourth-order valence-corrected chi connectivity index (χ4v) is 3.29. The summed E-state index contributed by atoms with van der Waals surface area (Å²) in [6, 6.07) is 7.28. The van der Waals surface area contributed by atoms with Gasteiger partial charge in [0.2, 0.25) is 0 Å². The second kappa shape index (κ2) is 9.04. The van der Waals surface area contributed by atoms with Crippen molar-refractivity contribution in [1.29, 1.82) is 0 Å². The molecule has 0 spiro atoms. The van der Waals surface area contributed by atoms with E-state index in [0.717, 1.165) is 30.7 Å². The fraction of sp³-hybridized carbons (Fsp3) is 0.632. The summed E-state index contributed by atoms with van der Waals surface area (Å²) < 4.78 is 11.3. The standard InChI is InChI=1S/C19H29NO3/c1-15-11-16(2)14-20(13-15)7-8-22-9-10-23-19-6-4-5-18(12-19)17(3)21/h4-6,12,15-16H,7-11,13-14H2,1-3H3/t15-,16+. The van der Waals surface area contributed by atoms with Gasteiger partial charge >= 0.3 is 0 Å². The van der Waals surface area contributed by atoms with Crippen LogP contribution in [-0.2, 0) is 4.74 Å². The van der Waals surface area contributed by atoms with Crippen molar-refractivity contribution in [2.45, 2.75) is 27.2 Å². The zero-order valence-corrected chi connectivity index (χ0v) is 14.6. The average Bonchev–Trinajstić information content (AvgIpc) is 2.50. The highest BCUT2D eigenvalue weighted by atomic mass is 16.5. The quantitative estimate of drug-likeness (QED) is 0.544. The number of hydrogen-bond acceptors (Lipinski definition) is 4. The molecule has 2 atom stereocenters. The summed E-state index contributed by atoms with van der Waals surface area (Å²) in [6.07, 6.45) is 1.34. The van der Waals surface area contributed by atoms with Gasteiger partial charge in [-0.25, -0.2) is 0 Å². The topological polar surface area (TPSA) is 38.8 Å². The van der Waals surface area contributed by atoms with E-state index in [2.05, 4.69) is 18.7 Å². The molecule has 1 saturated heterocycles. The predicted octanol–water partition coefficient (Wildman–Crippen LogP) is 3.26. The number of carbonyl (C=O) groups excluding carboxylic acids is 1. The largest absolute Gasteiger partial charge is 0.491 e. The lowest BCUT2D eigenvalue weighted by molar-refractivity contribution is 0.0595. The molecule has 1 aromatic rings. The van der Waals surface area contributed by atoms with Gasteiger partial charge in [-0.3, -0.25) is 4.79 Å². The number of benzene rings is 1. The Hall–Kier alpha value is -1.39. The summed E-state index contributed by atoms with van der Waals surface area (Å²) in [4.78, 5) is 13.8. The molecule has 1 aromatic carbocycles. The third kappa shape index (κ3) is 6.32. The van der Waals surface area contributed by atoms with E-state index >= 15 is 0 Å². The van der Waals surface area contributed by atoms with Gasteiger partial charge < -0.3 is 14.4 Å². The Kier molecular flexibility index (Phi) is 7.06. The Labute approximate surface area is 139 Å². The maximum absolute atomic E-state index is 11.3. The van der Waals surface area contributed by atoms with Crippen molar-refractivity contribution in [2.75, 3.05) is 39.5 Å². The summed E-state index contributed by atoms with van der Waals surface area (Å²) in [5, 5.41) is 0. The number of rotatable bonds is 8. The minimum absolute atomic E-state index is 0.0525. The molecule has 4 nitrogen and oxygen atoms in total. The van der Waals surface area contributed by atoms with Crippen LogP contribution in [0.4, 0.5) is 0 Å². The van der Waals surface area contributed by atoms with Gasteiger partial charge in [-0.05, 0) is 37.3 Å². The van der Waals surface area contributed by atoms with Gasteiger partial charge in [0, 0.05) is 25.2 Å². The van der Waals surface area contributed by atoms with Crippen molar-refractivity contribution >= 4 is 5.78 Å². The summed E-state index contributed by atoms with van der Waals surface area (Å²) in [5.41, 5.74) is 0.678. The molecule has 23 heavy (non-hydrogen) atoms. The van der Waals surface area contributed by atoms with E-state index in [1.54, 1.807) is 19.1 Å². The summed E-state index contributed by atoms with van der Waals surface area (Å²) in [6.45, 7) is 11.4. The van der Waals surface area contributed by atoms with Gasteiger partial charge in [0.15, 0.2) is 5.78 Å². The molecule has 0 N–H and O–H groups in total. The minimum atomic E-state index is 0.0525. The third-order valence-corrected chi connectivity index (χ3v) is 4.23. The zero-order valence-electron chi connectivity index (χ0n) is 14.6. The molecule has 0 amide bonds. The smallest absolute Gasteiger partial charge is 0.159 e. The number of ether oxygens (including phenoxy) is 2. The molecule has 0 bridgehead atoms. The molecule has 0 aliphatic carbocycles. The van der Waals surface area contributed by atoms with Crippen LogP contribution in [0.1, 0.15) is 37.6 Å². The predicted molar refractivity (Wildman–Crippen MR) is 92.1 cm³/mol. The van der Waals surface area contributed by atoms with Crippen LogP contribution in [0, 0.1) is 11.8 Å². The van der Waals surface area contributed by atoms with Crippen LogP contribution in [0.25, 0.3) is 0 Å². The lowest BCUT2D eigenvalue weighted by Crippen LogP contribution is -2.40. The summed E-state index contributed by atoms with van der Waals surface area (Å²) >= 11 is 0. The van der Waals surface area contributed by atoms with E-state index in [9.17, 15) is 4.79 Å². The monoisotopic (exact) mass is 319 g/mol. The molecule has 0 saturated carbocycles. The zero-order chi connectivity index (χ0) is 16.7. The number of likely N-dealkylation sites (tertiary alicyclic amines) is 1.